The molecule has 0 aliphatic heterocycles. The summed E-state index contributed by atoms with van der Waals surface area (Å²) in [6, 6.07) is 1.83. The Balaban J connectivity index is 2.14. The smallest absolute Gasteiger partial charge is 0.343 e. The Morgan fingerprint density at radius 1 is 1.36 bits per heavy atom. The van der Waals surface area contributed by atoms with Crippen molar-refractivity contribution in [1.29, 1.82) is 0 Å². The van der Waals surface area contributed by atoms with Gasteiger partial charge in [0.05, 0.1) is 23.2 Å². The Morgan fingerprint density at radius 2 is 2.12 bits per heavy atom. The molecular weight excluding hydrogens is 346 g/mol. The lowest BCUT2D eigenvalue weighted by Crippen LogP contribution is -2.16. The molecule has 0 unspecified atom stereocenters. The molecule has 0 bridgehead atoms. The van der Waals surface area contributed by atoms with E-state index in [0.29, 0.717) is 11.1 Å². The number of halogens is 1. The van der Waals surface area contributed by atoms with Gasteiger partial charge in [-0.3, -0.25) is 4.79 Å². The van der Waals surface area contributed by atoms with Crippen molar-refractivity contribution in [3.8, 4) is 0 Å². The summed E-state index contributed by atoms with van der Waals surface area (Å²) >= 11 is 5.86. The zero-order valence-electron chi connectivity index (χ0n) is 13.9. The van der Waals surface area contributed by atoms with Gasteiger partial charge in [-0.25, -0.2) is 9.78 Å². The molecule has 0 saturated carbocycles. The standard InChI is InChI=1S/C16H16ClN5O3/c1-4-25-15(24)9-7-18-16(17)20-13(9)19-10-8-22(3)11-5-6-21(2)14(23)12(10)11/h5-8H,4H2,1-3H3,(H,18,19,20). The van der Waals surface area contributed by atoms with Crippen molar-refractivity contribution >= 4 is 40.0 Å². The van der Waals surface area contributed by atoms with Crippen LogP contribution in [0, 0.1) is 0 Å². The number of aromatic nitrogens is 4. The molecule has 0 atom stereocenters. The fraction of sp³-hybridized carbons (Fsp3) is 0.250. The summed E-state index contributed by atoms with van der Waals surface area (Å²) < 4.78 is 8.30. The number of carbonyl (C=O) groups excluding carboxylic acids is 1. The third-order valence-electron chi connectivity index (χ3n) is 3.73. The minimum Gasteiger partial charge on any atom is -0.462 e. The van der Waals surface area contributed by atoms with E-state index in [4.69, 9.17) is 16.3 Å². The Labute approximate surface area is 148 Å². The highest BCUT2D eigenvalue weighted by Gasteiger charge is 2.18. The zero-order chi connectivity index (χ0) is 18.1. The number of hydrogen-bond acceptors (Lipinski definition) is 6. The molecule has 0 amide bonds. The molecule has 0 aliphatic rings. The van der Waals surface area contributed by atoms with Gasteiger partial charge < -0.3 is 19.2 Å². The average Bonchev–Trinajstić information content (AvgIpc) is 2.87. The number of carbonyl (C=O) groups is 1. The van der Waals surface area contributed by atoms with Crippen LogP contribution in [0.4, 0.5) is 11.5 Å². The number of hydrogen-bond donors (Lipinski definition) is 1. The SMILES string of the molecule is CCOC(=O)c1cnc(Cl)nc1Nc1cn(C)c2ccn(C)c(=O)c12. The lowest BCUT2D eigenvalue weighted by atomic mass is 10.2. The summed E-state index contributed by atoms with van der Waals surface area (Å²) in [6.07, 6.45) is 4.73. The first kappa shape index (κ1) is 17.0. The maximum atomic E-state index is 12.5. The second-order valence-corrected chi connectivity index (χ2v) is 5.73. The second-order valence-electron chi connectivity index (χ2n) is 5.39. The summed E-state index contributed by atoms with van der Waals surface area (Å²) in [5, 5.41) is 3.47. The topological polar surface area (TPSA) is 91.0 Å². The molecule has 0 radical (unpaired) electrons. The molecule has 0 aromatic carbocycles. The van der Waals surface area contributed by atoms with E-state index in [1.54, 1.807) is 26.4 Å². The number of nitrogens with one attached hydrogen (secondary N) is 1. The number of rotatable bonds is 4. The Kier molecular flexibility index (Phi) is 4.45. The summed E-state index contributed by atoms with van der Waals surface area (Å²) in [4.78, 5) is 32.5. The van der Waals surface area contributed by atoms with Gasteiger partial charge in [0.1, 0.15) is 11.4 Å². The van der Waals surface area contributed by atoms with E-state index in [1.807, 2.05) is 17.7 Å². The van der Waals surface area contributed by atoms with E-state index < -0.39 is 5.97 Å². The van der Waals surface area contributed by atoms with E-state index in [1.165, 1.54) is 10.8 Å². The summed E-state index contributed by atoms with van der Waals surface area (Å²) in [7, 11) is 3.50. The van der Waals surface area contributed by atoms with Gasteiger partial charge in [0, 0.05) is 32.7 Å². The zero-order valence-corrected chi connectivity index (χ0v) is 14.7. The van der Waals surface area contributed by atoms with Crippen LogP contribution in [-0.4, -0.2) is 31.7 Å². The van der Waals surface area contributed by atoms with Crippen LogP contribution < -0.4 is 10.9 Å². The molecule has 9 heteroatoms. The molecule has 0 spiro atoms. The van der Waals surface area contributed by atoms with Crippen molar-refractivity contribution in [1.82, 2.24) is 19.1 Å². The molecule has 3 aromatic heterocycles. The van der Waals surface area contributed by atoms with Crippen LogP contribution in [0.3, 0.4) is 0 Å². The van der Waals surface area contributed by atoms with Crippen LogP contribution in [0.25, 0.3) is 10.9 Å². The number of pyridine rings is 1. The lowest BCUT2D eigenvalue weighted by molar-refractivity contribution is 0.0526. The molecular formula is C16H16ClN5O3. The number of esters is 1. The van der Waals surface area contributed by atoms with Gasteiger partial charge in [-0.1, -0.05) is 0 Å². The first-order valence-electron chi connectivity index (χ1n) is 7.53. The van der Waals surface area contributed by atoms with Crippen LogP contribution >= 0.6 is 11.6 Å². The average molecular weight is 362 g/mol. The fourth-order valence-electron chi connectivity index (χ4n) is 2.53. The van der Waals surface area contributed by atoms with E-state index in [9.17, 15) is 9.59 Å². The maximum absolute atomic E-state index is 12.5. The van der Waals surface area contributed by atoms with Gasteiger partial charge in [0.25, 0.3) is 5.56 Å². The van der Waals surface area contributed by atoms with Crippen molar-refractivity contribution < 1.29 is 9.53 Å². The summed E-state index contributed by atoms with van der Waals surface area (Å²) in [6.45, 7) is 1.92. The molecule has 0 saturated heterocycles. The molecule has 1 N–H and O–H groups in total. The van der Waals surface area contributed by atoms with Crippen molar-refractivity contribution in [3.63, 3.8) is 0 Å². The van der Waals surface area contributed by atoms with Crippen molar-refractivity contribution in [3.05, 3.63) is 45.9 Å². The Bertz CT molecular complexity index is 1020. The van der Waals surface area contributed by atoms with Gasteiger partial charge in [-0.15, -0.1) is 0 Å². The largest absolute Gasteiger partial charge is 0.462 e. The van der Waals surface area contributed by atoms with Gasteiger partial charge in [0.2, 0.25) is 5.28 Å². The molecule has 3 rings (SSSR count). The minimum atomic E-state index is -0.574. The van der Waals surface area contributed by atoms with Gasteiger partial charge in [-0.2, -0.15) is 4.98 Å². The molecule has 8 nitrogen and oxygen atoms in total. The highest BCUT2D eigenvalue weighted by Crippen LogP contribution is 2.27. The number of aryl methyl sites for hydroxylation is 2. The quantitative estimate of drug-likeness (QED) is 0.566. The molecule has 0 fully saturated rings. The number of anilines is 2. The lowest BCUT2D eigenvalue weighted by Gasteiger charge is -2.09. The highest BCUT2D eigenvalue weighted by atomic mass is 35.5. The predicted octanol–water partition coefficient (Wildman–Crippen LogP) is 2.24. The molecule has 3 heterocycles. The van der Waals surface area contributed by atoms with Crippen molar-refractivity contribution in [2.45, 2.75) is 6.92 Å². The monoisotopic (exact) mass is 361 g/mol. The van der Waals surface area contributed by atoms with Gasteiger partial charge in [-0.05, 0) is 24.6 Å². The number of nitrogens with zero attached hydrogens (tertiary/aromatic N) is 4. The normalized spacial score (nSPS) is 10.9. The second kappa shape index (κ2) is 6.56. The third-order valence-corrected chi connectivity index (χ3v) is 3.91. The fourth-order valence-corrected chi connectivity index (χ4v) is 2.66. The first-order chi connectivity index (χ1) is 11.9. The van der Waals surface area contributed by atoms with E-state index in [-0.39, 0.29) is 28.8 Å². The summed E-state index contributed by atoms with van der Waals surface area (Å²) in [5.74, 6) is -0.397. The Hall–Kier alpha value is -2.87. The predicted molar refractivity (Wildman–Crippen MR) is 94.4 cm³/mol. The van der Waals surface area contributed by atoms with Crippen molar-refractivity contribution in [2.75, 3.05) is 11.9 Å². The van der Waals surface area contributed by atoms with E-state index in [0.717, 1.165) is 5.52 Å². The van der Waals surface area contributed by atoms with Crippen LogP contribution in [-0.2, 0) is 18.8 Å². The van der Waals surface area contributed by atoms with Crippen molar-refractivity contribution in [2.24, 2.45) is 14.1 Å². The van der Waals surface area contributed by atoms with E-state index in [2.05, 4.69) is 15.3 Å². The van der Waals surface area contributed by atoms with Gasteiger partial charge >= 0.3 is 5.97 Å². The summed E-state index contributed by atoms with van der Waals surface area (Å²) in [5.41, 5.74) is 1.23. The molecule has 0 aliphatic carbocycles. The Morgan fingerprint density at radius 3 is 2.84 bits per heavy atom. The number of ether oxygens (including phenoxy) is 1. The third kappa shape index (κ3) is 3.08. The molecule has 25 heavy (non-hydrogen) atoms. The maximum Gasteiger partial charge on any atom is 0.343 e. The minimum absolute atomic E-state index is 0.0244. The van der Waals surface area contributed by atoms with Crippen LogP contribution in [0.1, 0.15) is 17.3 Å². The number of fused-ring (bicyclic) bond motifs is 1. The van der Waals surface area contributed by atoms with E-state index >= 15 is 0 Å². The molecule has 130 valence electrons. The van der Waals surface area contributed by atoms with Crippen LogP contribution in [0.5, 0.6) is 0 Å². The highest BCUT2D eigenvalue weighted by molar-refractivity contribution is 6.28. The first-order valence-corrected chi connectivity index (χ1v) is 7.91. The van der Waals surface area contributed by atoms with Gasteiger partial charge in [0.15, 0.2) is 0 Å². The molecule has 3 aromatic rings. The van der Waals surface area contributed by atoms with Crippen LogP contribution in [0.15, 0.2) is 29.5 Å². The van der Waals surface area contributed by atoms with Crippen LogP contribution in [0.2, 0.25) is 5.28 Å².